The zero-order valence-corrected chi connectivity index (χ0v) is 7.46. The third-order valence-electron chi connectivity index (χ3n) is 2.38. The van der Waals surface area contributed by atoms with Crippen LogP contribution in [0.25, 0.3) is 0 Å². The minimum absolute atomic E-state index is 0.167. The Morgan fingerprint density at radius 1 is 1.23 bits per heavy atom. The van der Waals surface area contributed by atoms with Gasteiger partial charge in [0.1, 0.15) is 5.82 Å². The fourth-order valence-corrected chi connectivity index (χ4v) is 1.65. The first-order chi connectivity index (χ1) is 6.36. The average Bonchev–Trinajstić information content (AvgIpc) is 2.20. The summed E-state index contributed by atoms with van der Waals surface area (Å²) in [6, 6.07) is 7.03. The van der Waals surface area contributed by atoms with E-state index in [1.54, 1.807) is 0 Å². The first-order valence-electron chi connectivity index (χ1n) is 4.68. The van der Waals surface area contributed by atoms with E-state index in [9.17, 15) is 4.39 Å². The van der Waals surface area contributed by atoms with Gasteiger partial charge in [0.25, 0.3) is 0 Å². The van der Waals surface area contributed by atoms with Crippen molar-refractivity contribution in [3.63, 3.8) is 0 Å². The summed E-state index contributed by atoms with van der Waals surface area (Å²) in [5.41, 5.74) is 1.15. The lowest BCUT2D eigenvalue weighted by Gasteiger charge is -2.23. The largest absolute Gasteiger partial charge is 0.310 e. The highest BCUT2D eigenvalue weighted by Crippen LogP contribution is 2.21. The summed E-state index contributed by atoms with van der Waals surface area (Å²) in [5, 5.41) is 3.38. The summed E-state index contributed by atoms with van der Waals surface area (Å²) in [6.45, 7) is 1.05. The van der Waals surface area contributed by atoms with Crippen LogP contribution in [0.15, 0.2) is 24.3 Å². The highest BCUT2D eigenvalue weighted by atomic mass is 19.1. The molecule has 1 aromatic carbocycles. The average molecular weight is 178 g/mol. The Kier molecular flexibility index (Phi) is 2.60. The van der Waals surface area contributed by atoms with Crippen molar-refractivity contribution in [1.82, 2.24) is 5.32 Å². The van der Waals surface area contributed by atoms with E-state index in [4.69, 9.17) is 0 Å². The van der Waals surface area contributed by atoms with E-state index >= 15 is 0 Å². The Morgan fingerprint density at radius 2 is 2.00 bits per heavy atom. The Hall–Kier alpha value is -0.890. The van der Waals surface area contributed by atoms with Gasteiger partial charge in [-0.15, -0.1) is 0 Å². The molecule has 1 saturated heterocycles. The van der Waals surface area contributed by atoms with E-state index in [-0.39, 0.29) is 5.82 Å². The minimum Gasteiger partial charge on any atom is -0.310 e. The van der Waals surface area contributed by atoms with Gasteiger partial charge in [0.15, 0.2) is 0 Å². The molecular weight excluding hydrogens is 165 g/mol. The molecule has 0 amide bonds. The van der Waals surface area contributed by atoms with Crippen LogP contribution in [-0.4, -0.2) is 6.54 Å². The molecule has 1 aliphatic heterocycles. The van der Waals surface area contributed by atoms with Crippen LogP contribution in [0.5, 0.6) is 0 Å². The van der Waals surface area contributed by atoms with Crippen molar-refractivity contribution in [1.29, 1.82) is 0 Å². The fraction of sp³-hybridized carbons (Fsp3) is 0.364. The van der Waals surface area contributed by atoms with E-state index in [1.165, 1.54) is 18.6 Å². The molecule has 1 fully saturated rings. The predicted octanol–water partition coefficient (Wildman–Crippen LogP) is 2.45. The van der Waals surface area contributed by atoms with Crippen molar-refractivity contribution < 1.29 is 4.39 Å². The number of nitrogens with one attached hydrogen (secondary N) is 1. The maximum Gasteiger partial charge on any atom is 0.123 e. The first-order valence-corrected chi connectivity index (χ1v) is 4.68. The van der Waals surface area contributed by atoms with E-state index in [0.29, 0.717) is 6.04 Å². The van der Waals surface area contributed by atoms with Gasteiger partial charge in [-0.05, 0) is 43.5 Å². The topological polar surface area (TPSA) is 12.0 Å². The van der Waals surface area contributed by atoms with Crippen LogP contribution >= 0.6 is 0 Å². The zero-order valence-electron chi connectivity index (χ0n) is 7.46. The number of piperidine rings is 1. The highest BCUT2D eigenvalue weighted by molar-refractivity contribution is 5.22. The van der Waals surface area contributed by atoms with Crippen molar-refractivity contribution in [3.05, 3.63) is 42.1 Å². The lowest BCUT2D eigenvalue weighted by molar-refractivity contribution is 0.498. The molecule has 2 rings (SSSR count). The van der Waals surface area contributed by atoms with Gasteiger partial charge in [-0.1, -0.05) is 12.1 Å². The molecule has 1 radical (unpaired) electrons. The molecule has 1 aromatic rings. The smallest absolute Gasteiger partial charge is 0.123 e. The molecule has 0 spiro atoms. The lowest BCUT2D eigenvalue weighted by atomic mass is 9.98. The molecule has 1 heterocycles. The molecular formula is C11H13FN. The summed E-state index contributed by atoms with van der Waals surface area (Å²) in [5.74, 6) is -0.167. The van der Waals surface area contributed by atoms with Crippen LogP contribution < -0.4 is 5.32 Å². The summed E-state index contributed by atoms with van der Waals surface area (Å²) in [7, 11) is 0. The predicted molar refractivity (Wildman–Crippen MR) is 50.7 cm³/mol. The van der Waals surface area contributed by atoms with Gasteiger partial charge in [0, 0.05) is 6.04 Å². The lowest BCUT2D eigenvalue weighted by Crippen LogP contribution is -2.27. The SMILES string of the molecule is Fc1ccc([C@@H]2[CH]CCCN2)cc1. The molecule has 0 unspecified atom stereocenters. The molecule has 0 bridgehead atoms. The van der Waals surface area contributed by atoms with Crippen LogP contribution in [0.2, 0.25) is 0 Å². The van der Waals surface area contributed by atoms with Crippen molar-refractivity contribution in [3.8, 4) is 0 Å². The number of hydrogen-bond acceptors (Lipinski definition) is 1. The monoisotopic (exact) mass is 178 g/mol. The molecule has 13 heavy (non-hydrogen) atoms. The molecule has 0 aromatic heterocycles. The molecule has 2 heteroatoms. The second kappa shape index (κ2) is 3.88. The van der Waals surface area contributed by atoms with Gasteiger partial charge in [0.2, 0.25) is 0 Å². The second-order valence-corrected chi connectivity index (χ2v) is 3.36. The molecule has 1 N–H and O–H groups in total. The number of rotatable bonds is 1. The van der Waals surface area contributed by atoms with Gasteiger partial charge in [-0.2, -0.15) is 0 Å². The van der Waals surface area contributed by atoms with E-state index < -0.39 is 0 Å². The molecule has 69 valence electrons. The van der Waals surface area contributed by atoms with Crippen LogP contribution in [0.1, 0.15) is 24.4 Å². The summed E-state index contributed by atoms with van der Waals surface area (Å²) in [4.78, 5) is 0. The minimum atomic E-state index is -0.167. The first kappa shape index (κ1) is 8.70. The highest BCUT2D eigenvalue weighted by Gasteiger charge is 2.14. The van der Waals surface area contributed by atoms with Crippen molar-refractivity contribution >= 4 is 0 Å². The molecule has 1 atom stereocenters. The molecule has 0 aliphatic carbocycles. The summed E-state index contributed by atoms with van der Waals surface area (Å²) < 4.78 is 12.6. The summed E-state index contributed by atoms with van der Waals surface area (Å²) >= 11 is 0. The van der Waals surface area contributed by atoms with Gasteiger partial charge in [-0.3, -0.25) is 0 Å². The van der Waals surface area contributed by atoms with Crippen LogP contribution in [0.3, 0.4) is 0 Å². The van der Waals surface area contributed by atoms with Crippen molar-refractivity contribution in [2.24, 2.45) is 0 Å². The van der Waals surface area contributed by atoms with E-state index in [1.807, 2.05) is 12.1 Å². The number of hydrogen-bond donors (Lipinski definition) is 1. The Bertz CT molecular complexity index is 262. The Balaban J connectivity index is 2.10. The van der Waals surface area contributed by atoms with E-state index in [0.717, 1.165) is 18.5 Å². The Morgan fingerprint density at radius 3 is 2.62 bits per heavy atom. The normalized spacial score (nSPS) is 23.0. The van der Waals surface area contributed by atoms with Gasteiger partial charge >= 0.3 is 0 Å². The number of halogens is 1. The molecule has 1 aliphatic rings. The molecule has 1 nitrogen and oxygen atoms in total. The quantitative estimate of drug-likeness (QED) is 0.696. The maximum atomic E-state index is 12.6. The third kappa shape index (κ3) is 2.07. The fourth-order valence-electron chi connectivity index (χ4n) is 1.65. The maximum absolute atomic E-state index is 12.6. The third-order valence-corrected chi connectivity index (χ3v) is 2.38. The molecule has 0 saturated carbocycles. The standard InChI is InChI=1S/C11H13FN/c12-10-6-4-9(5-7-10)11-3-1-2-8-13-11/h3-7,11,13H,1-2,8H2/t11-/m0/s1. The van der Waals surface area contributed by atoms with Crippen molar-refractivity contribution in [2.75, 3.05) is 6.54 Å². The van der Waals surface area contributed by atoms with Crippen LogP contribution in [-0.2, 0) is 0 Å². The zero-order chi connectivity index (χ0) is 9.10. The number of benzene rings is 1. The van der Waals surface area contributed by atoms with Crippen molar-refractivity contribution in [2.45, 2.75) is 18.9 Å². The van der Waals surface area contributed by atoms with Crippen LogP contribution in [0, 0.1) is 12.2 Å². The second-order valence-electron chi connectivity index (χ2n) is 3.36. The van der Waals surface area contributed by atoms with Gasteiger partial charge < -0.3 is 5.32 Å². The van der Waals surface area contributed by atoms with Crippen LogP contribution in [0.4, 0.5) is 4.39 Å². The van der Waals surface area contributed by atoms with Gasteiger partial charge in [0.05, 0.1) is 0 Å². The Labute approximate surface area is 78.0 Å². The van der Waals surface area contributed by atoms with Gasteiger partial charge in [-0.25, -0.2) is 4.39 Å². The van der Waals surface area contributed by atoms with E-state index in [2.05, 4.69) is 11.7 Å². The summed E-state index contributed by atoms with van der Waals surface area (Å²) in [6.07, 6.45) is 4.60.